The van der Waals surface area contributed by atoms with Crippen LogP contribution in [0, 0.1) is 0 Å². The van der Waals surface area contributed by atoms with Gasteiger partial charge in [0.1, 0.15) is 0 Å². The van der Waals surface area contributed by atoms with Crippen LogP contribution in [0.2, 0.25) is 0 Å². The lowest BCUT2D eigenvalue weighted by Gasteiger charge is -2.22. The maximum atomic E-state index is 5.53. The summed E-state index contributed by atoms with van der Waals surface area (Å²) in [7, 11) is 3.34. The van der Waals surface area contributed by atoms with Gasteiger partial charge in [0.2, 0.25) is 6.79 Å². The second kappa shape index (κ2) is 4.84. The third-order valence-corrected chi connectivity index (χ3v) is 4.89. The molecule has 0 aliphatic carbocycles. The van der Waals surface area contributed by atoms with Crippen LogP contribution in [0.1, 0.15) is 5.56 Å². The molecule has 5 heteroatoms. The molecule has 3 heterocycles. The second-order valence-electron chi connectivity index (χ2n) is 6.06. The Morgan fingerprint density at radius 2 is 1.67 bits per heavy atom. The zero-order valence-corrected chi connectivity index (χ0v) is 13.6. The number of hydrogen-bond donors (Lipinski definition) is 0. The molecule has 5 rings (SSSR count). The first-order chi connectivity index (χ1) is 11.8. The van der Waals surface area contributed by atoms with E-state index in [4.69, 9.17) is 18.9 Å². The molecule has 0 amide bonds. The normalized spacial score (nSPS) is 14.4. The first-order valence-electron chi connectivity index (χ1n) is 7.96. The van der Waals surface area contributed by atoms with Crippen molar-refractivity contribution in [1.29, 1.82) is 0 Å². The van der Waals surface area contributed by atoms with Gasteiger partial charge in [-0.2, -0.15) is 0 Å². The molecule has 0 N–H and O–H groups in total. The van der Waals surface area contributed by atoms with Crippen LogP contribution >= 0.6 is 0 Å². The molecule has 0 radical (unpaired) electrons. The van der Waals surface area contributed by atoms with Crippen molar-refractivity contribution in [3.05, 3.63) is 35.9 Å². The molecule has 0 spiro atoms. The van der Waals surface area contributed by atoms with Crippen LogP contribution < -0.4 is 18.9 Å². The molecule has 2 aliphatic heterocycles. The van der Waals surface area contributed by atoms with E-state index < -0.39 is 0 Å². The summed E-state index contributed by atoms with van der Waals surface area (Å²) in [5.41, 5.74) is 4.84. The van der Waals surface area contributed by atoms with Gasteiger partial charge >= 0.3 is 0 Å². The number of ether oxygens (including phenoxy) is 4. The van der Waals surface area contributed by atoms with Gasteiger partial charge in [-0.05, 0) is 36.2 Å². The van der Waals surface area contributed by atoms with E-state index in [1.165, 1.54) is 22.3 Å². The Balaban J connectivity index is 1.75. The molecule has 0 unspecified atom stereocenters. The molecule has 0 fully saturated rings. The summed E-state index contributed by atoms with van der Waals surface area (Å²) in [6.45, 7) is 1.23. The topological polar surface area (TPSA) is 41.9 Å². The highest BCUT2D eigenvalue weighted by Crippen LogP contribution is 2.43. The summed E-state index contributed by atoms with van der Waals surface area (Å²) in [6.07, 6.45) is 0.959. The minimum Gasteiger partial charge on any atom is -0.493 e. The third-order valence-electron chi connectivity index (χ3n) is 4.89. The Hall–Kier alpha value is -2.82. The Bertz CT molecular complexity index is 973. The zero-order chi connectivity index (χ0) is 16.3. The van der Waals surface area contributed by atoms with Crippen molar-refractivity contribution in [1.82, 2.24) is 4.57 Å². The van der Waals surface area contributed by atoms with E-state index in [1.807, 2.05) is 0 Å². The van der Waals surface area contributed by atoms with E-state index in [9.17, 15) is 0 Å². The molecule has 2 aromatic carbocycles. The molecule has 1 aromatic heterocycles. The van der Waals surface area contributed by atoms with Crippen molar-refractivity contribution in [3.63, 3.8) is 0 Å². The highest BCUT2D eigenvalue weighted by molar-refractivity contribution is 5.91. The highest BCUT2D eigenvalue weighted by atomic mass is 16.7. The van der Waals surface area contributed by atoms with Crippen molar-refractivity contribution in [3.8, 4) is 34.3 Å². The quantitative estimate of drug-likeness (QED) is 0.722. The number of benzene rings is 2. The molecule has 3 aromatic rings. The van der Waals surface area contributed by atoms with Crippen molar-refractivity contribution in [2.75, 3.05) is 21.0 Å². The van der Waals surface area contributed by atoms with Crippen LogP contribution in [0.15, 0.2) is 30.3 Å². The van der Waals surface area contributed by atoms with E-state index in [1.54, 1.807) is 14.2 Å². The van der Waals surface area contributed by atoms with E-state index in [2.05, 4.69) is 34.9 Å². The second-order valence-corrected chi connectivity index (χ2v) is 6.06. The minimum atomic E-state index is 0.300. The number of aryl methyl sites for hydroxylation is 2. The lowest BCUT2D eigenvalue weighted by molar-refractivity contribution is 0.174. The standard InChI is InChI=1S/C19H17NO4/c1-21-16-6-11-3-4-20-14-9-19-18(23-10-24-19)7-12(14)5-15(20)13(11)8-17(16)22-2/h5-9H,3-4,10H2,1-2H3. The SMILES string of the molecule is COc1cc2c(cc1OC)-c1cc3cc4c(cc3n1CC2)OCO4. The van der Waals surface area contributed by atoms with Gasteiger partial charge in [-0.1, -0.05) is 0 Å². The van der Waals surface area contributed by atoms with Gasteiger partial charge in [0.05, 0.1) is 19.7 Å². The van der Waals surface area contributed by atoms with Crippen LogP contribution in [0.25, 0.3) is 22.2 Å². The van der Waals surface area contributed by atoms with E-state index >= 15 is 0 Å². The first kappa shape index (κ1) is 13.6. The zero-order valence-electron chi connectivity index (χ0n) is 13.6. The fraction of sp³-hybridized carbons (Fsp3) is 0.263. The van der Waals surface area contributed by atoms with Gasteiger partial charge < -0.3 is 23.5 Å². The molecule has 122 valence electrons. The van der Waals surface area contributed by atoms with E-state index in [0.29, 0.717) is 6.79 Å². The number of aromatic nitrogens is 1. The Morgan fingerprint density at radius 1 is 0.917 bits per heavy atom. The van der Waals surface area contributed by atoms with Crippen molar-refractivity contribution in [2.24, 2.45) is 0 Å². The van der Waals surface area contributed by atoms with Crippen LogP contribution in [0.3, 0.4) is 0 Å². The first-order valence-corrected chi connectivity index (χ1v) is 7.96. The average Bonchev–Trinajstić information content (AvgIpc) is 3.21. The molecule has 0 saturated carbocycles. The fourth-order valence-electron chi connectivity index (χ4n) is 3.71. The fourth-order valence-corrected chi connectivity index (χ4v) is 3.71. The number of fused-ring (bicyclic) bond motifs is 6. The van der Waals surface area contributed by atoms with Crippen LogP contribution in [0.5, 0.6) is 23.0 Å². The number of hydrogen-bond acceptors (Lipinski definition) is 4. The predicted octanol–water partition coefficient (Wildman–Crippen LogP) is 3.61. The average molecular weight is 323 g/mol. The monoisotopic (exact) mass is 323 g/mol. The summed E-state index contributed by atoms with van der Waals surface area (Å²) in [5.74, 6) is 3.17. The summed E-state index contributed by atoms with van der Waals surface area (Å²) >= 11 is 0. The van der Waals surface area contributed by atoms with Crippen molar-refractivity contribution in [2.45, 2.75) is 13.0 Å². The molecular weight excluding hydrogens is 306 g/mol. The Morgan fingerprint density at radius 3 is 2.46 bits per heavy atom. The summed E-state index contributed by atoms with van der Waals surface area (Å²) in [5, 5.41) is 1.16. The smallest absolute Gasteiger partial charge is 0.231 e. The van der Waals surface area contributed by atoms with Crippen LogP contribution in [0.4, 0.5) is 0 Å². The van der Waals surface area contributed by atoms with E-state index in [0.717, 1.165) is 41.3 Å². The molecule has 0 atom stereocenters. The van der Waals surface area contributed by atoms with Crippen LogP contribution in [-0.4, -0.2) is 25.6 Å². The largest absolute Gasteiger partial charge is 0.493 e. The molecular formula is C19H17NO4. The summed E-state index contributed by atoms with van der Waals surface area (Å²) in [4.78, 5) is 0. The lowest BCUT2D eigenvalue weighted by atomic mass is 9.97. The molecule has 24 heavy (non-hydrogen) atoms. The van der Waals surface area contributed by atoms with Gasteiger partial charge in [-0.15, -0.1) is 0 Å². The Kier molecular flexibility index (Phi) is 2.74. The Labute approximate surface area is 139 Å². The molecule has 5 nitrogen and oxygen atoms in total. The number of rotatable bonds is 2. The highest BCUT2D eigenvalue weighted by Gasteiger charge is 2.24. The minimum absolute atomic E-state index is 0.300. The van der Waals surface area contributed by atoms with Gasteiger partial charge in [-0.3, -0.25) is 0 Å². The third kappa shape index (κ3) is 1.75. The molecule has 0 saturated heterocycles. The maximum absolute atomic E-state index is 5.53. The molecule has 0 bridgehead atoms. The maximum Gasteiger partial charge on any atom is 0.231 e. The number of methoxy groups -OCH3 is 2. The van der Waals surface area contributed by atoms with Crippen LogP contribution in [-0.2, 0) is 13.0 Å². The van der Waals surface area contributed by atoms with Gasteiger partial charge in [0, 0.05) is 29.3 Å². The predicted molar refractivity (Wildman–Crippen MR) is 90.3 cm³/mol. The molecule has 2 aliphatic rings. The summed E-state index contributed by atoms with van der Waals surface area (Å²) in [6, 6.07) is 10.5. The van der Waals surface area contributed by atoms with E-state index in [-0.39, 0.29) is 0 Å². The van der Waals surface area contributed by atoms with Crippen molar-refractivity contribution >= 4 is 10.9 Å². The van der Waals surface area contributed by atoms with Gasteiger partial charge in [0.25, 0.3) is 0 Å². The van der Waals surface area contributed by atoms with Crippen molar-refractivity contribution < 1.29 is 18.9 Å². The van der Waals surface area contributed by atoms with Gasteiger partial charge in [0.15, 0.2) is 23.0 Å². The lowest BCUT2D eigenvalue weighted by Crippen LogP contribution is -2.10. The van der Waals surface area contributed by atoms with Gasteiger partial charge in [-0.25, -0.2) is 0 Å². The summed E-state index contributed by atoms with van der Waals surface area (Å²) < 4.78 is 24.3. The number of nitrogens with zero attached hydrogens (tertiary/aromatic N) is 1.